The molecule has 1 aliphatic carbocycles. The fourth-order valence-electron chi connectivity index (χ4n) is 4.12. The van der Waals surface area contributed by atoms with Crippen molar-refractivity contribution >= 4 is 5.91 Å². The van der Waals surface area contributed by atoms with Crippen molar-refractivity contribution < 1.29 is 4.79 Å². The number of likely N-dealkylation sites (tertiary alicyclic amines) is 1. The first-order valence-electron chi connectivity index (χ1n) is 9.21. The van der Waals surface area contributed by atoms with Crippen molar-refractivity contribution in [3.05, 3.63) is 24.3 Å². The molecular weight excluding hydrogens is 302 g/mol. The van der Waals surface area contributed by atoms with Gasteiger partial charge in [0.05, 0.1) is 12.6 Å². The van der Waals surface area contributed by atoms with E-state index in [4.69, 9.17) is 0 Å². The molecule has 2 saturated heterocycles. The zero-order chi connectivity index (χ0) is 16.5. The molecule has 0 spiro atoms. The van der Waals surface area contributed by atoms with E-state index < -0.39 is 0 Å². The lowest BCUT2D eigenvalue weighted by molar-refractivity contribution is -0.132. The van der Waals surface area contributed by atoms with Crippen LogP contribution in [0, 0.1) is 5.92 Å². The third-order valence-electron chi connectivity index (χ3n) is 5.78. The van der Waals surface area contributed by atoms with Crippen molar-refractivity contribution in [1.29, 1.82) is 0 Å². The maximum atomic E-state index is 12.8. The fourth-order valence-corrected chi connectivity index (χ4v) is 4.12. The van der Waals surface area contributed by atoms with Gasteiger partial charge >= 0.3 is 0 Å². The zero-order valence-electron chi connectivity index (χ0n) is 14.4. The average Bonchev–Trinajstić information content (AvgIpc) is 3.14. The van der Waals surface area contributed by atoms with Gasteiger partial charge in [0.25, 0.3) is 0 Å². The van der Waals surface area contributed by atoms with Crippen LogP contribution < -0.4 is 5.32 Å². The van der Waals surface area contributed by atoms with Gasteiger partial charge in [-0.25, -0.2) is 9.97 Å². The summed E-state index contributed by atoms with van der Waals surface area (Å²) in [5.74, 6) is 1.99. The Bertz CT molecular complexity index is 576. The van der Waals surface area contributed by atoms with Crippen LogP contribution in [0.3, 0.4) is 0 Å². The van der Waals surface area contributed by atoms with E-state index in [9.17, 15) is 4.79 Å². The molecular formula is C18H27N5O. The van der Waals surface area contributed by atoms with Crippen LogP contribution in [0.4, 0.5) is 0 Å². The summed E-state index contributed by atoms with van der Waals surface area (Å²) in [6.45, 7) is 2.43. The molecule has 2 aliphatic heterocycles. The van der Waals surface area contributed by atoms with E-state index in [0.717, 1.165) is 44.2 Å². The van der Waals surface area contributed by atoms with Crippen LogP contribution in [0.25, 0.3) is 0 Å². The number of likely N-dealkylation sites (N-methyl/N-ethyl adjacent to an activating group) is 1. The Morgan fingerprint density at radius 2 is 2.04 bits per heavy atom. The molecule has 3 atom stereocenters. The van der Waals surface area contributed by atoms with Gasteiger partial charge in [-0.1, -0.05) is 0 Å². The molecule has 0 aromatic carbocycles. The van der Waals surface area contributed by atoms with Crippen LogP contribution in [0.5, 0.6) is 0 Å². The normalized spacial score (nSPS) is 30.2. The summed E-state index contributed by atoms with van der Waals surface area (Å²) in [6, 6.07) is 2.88. The summed E-state index contributed by atoms with van der Waals surface area (Å²) in [5, 5.41) is 3.59. The Hall–Kier alpha value is -1.53. The lowest BCUT2D eigenvalue weighted by Crippen LogP contribution is -2.46. The molecule has 3 aliphatic rings. The van der Waals surface area contributed by atoms with Crippen LogP contribution in [-0.2, 0) is 11.3 Å². The summed E-state index contributed by atoms with van der Waals surface area (Å²) in [6.07, 6.45) is 9.46. The maximum Gasteiger partial charge on any atom is 0.239 e. The lowest BCUT2D eigenvalue weighted by Gasteiger charge is -2.25. The third kappa shape index (κ3) is 3.44. The Morgan fingerprint density at radius 3 is 2.79 bits per heavy atom. The molecule has 0 radical (unpaired) electrons. The molecule has 4 rings (SSSR count). The third-order valence-corrected chi connectivity index (χ3v) is 5.78. The molecule has 3 fully saturated rings. The highest BCUT2D eigenvalue weighted by Crippen LogP contribution is 2.37. The minimum atomic E-state index is 0.0529. The van der Waals surface area contributed by atoms with Gasteiger partial charge in [0.1, 0.15) is 5.82 Å². The monoisotopic (exact) mass is 329 g/mol. The predicted molar refractivity (Wildman–Crippen MR) is 91.2 cm³/mol. The Labute approximate surface area is 143 Å². The van der Waals surface area contributed by atoms with Gasteiger partial charge in [-0.3, -0.25) is 9.69 Å². The van der Waals surface area contributed by atoms with Crippen molar-refractivity contribution in [3.63, 3.8) is 0 Å². The number of nitrogens with one attached hydrogen (secondary N) is 1. The van der Waals surface area contributed by atoms with Gasteiger partial charge in [-0.2, -0.15) is 0 Å². The fraction of sp³-hybridized carbons (Fsp3) is 0.722. The molecule has 1 aromatic rings. The van der Waals surface area contributed by atoms with E-state index in [0.29, 0.717) is 18.0 Å². The van der Waals surface area contributed by atoms with Gasteiger partial charge in [-0.05, 0) is 51.1 Å². The van der Waals surface area contributed by atoms with Gasteiger partial charge < -0.3 is 10.2 Å². The Morgan fingerprint density at radius 1 is 1.25 bits per heavy atom. The van der Waals surface area contributed by atoms with Gasteiger partial charge in [-0.15, -0.1) is 0 Å². The topological polar surface area (TPSA) is 61.4 Å². The lowest BCUT2D eigenvalue weighted by atomic mass is 10.1. The van der Waals surface area contributed by atoms with E-state index in [-0.39, 0.29) is 6.04 Å². The summed E-state index contributed by atoms with van der Waals surface area (Å²) >= 11 is 0. The van der Waals surface area contributed by atoms with E-state index >= 15 is 0 Å². The van der Waals surface area contributed by atoms with Gasteiger partial charge in [0.15, 0.2) is 0 Å². The highest BCUT2D eigenvalue weighted by atomic mass is 16.2. The summed E-state index contributed by atoms with van der Waals surface area (Å²) in [7, 11) is 2.10. The standard InChI is InChI=1S/C18H27N5O/c1-22(12-17-19-8-2-9-20-17)14-7-10-23(11-14)18(24)16-6-5-15(21-16)13-3-4-13/h2,8-9,13-16,21H,3-7,10-12H2,1H3. The van der Waals surface area contributed by atoms with E-state index in [2.05, 4.69) is 32.1 Å². The smallest absolute Gasteiger partial charge is 0.239 e. The largest absolute Gasteiger partial charge is 0.340 e. The van der Waals surface area contributed by atoms with E-state index in [1.807, 2.05) is 6.07 Å². The first kappa shape index (κ1) is 16.0. The number of nitrogens with zero attached hydrogens (tertiary/aromatic N) is 4. The Balaban J connectivity index is 1.28. The second-order valence-electron chi connectivity index (χ2n) is 7.55. The molecule has 1 amide bonds. The number of rotatable bonds is 5. The number of amides is 1. The van der Waals surface area contributed by atoms with Crippen LogP contribution >= 0.6 is 0 Å². The number of carbonyl (C=O) groups excluding carboxylic acids is 1. The molecule has 3 heterocycles. The van der Waals surface area contributed by atoms with Crippen LogP contribution in [0.15, 0.2) is 18.5 Å². The maximum absolute atomic E-state index is 12.8. The highest BCUT2D eigenvalue weighted by molar-refractivity contribution is 5.82. The molecule has 1 aromatic heterocycles. The second kappa shape index (κ2) is 6.76. The van der Waals surface area contributed by atoms with Crippen molar-refractivity contribution in [2.45, 2.75) is 56.8 Å². The zero-order valence-corrected chi connectivity index (χ0v) is 14.4. The second-order valence-corrected chi connectivity index (χ2v) is 7.55. The van der Waals surface area contributed by atoms with Crippen molar-refractivity contribution in [1.82, 2.24) is 25.1 Å². The van der Waals surface area contributed by atoms with E-state index in [1.54, 1.807) is 12.4 Å². The molecule has 130 valence electrons. The molecule has 0 bridgehead atoms. The molecule has 6 heteroatoms. The van der Waals surface area contributed by atoms with Crippen molar-refractivity contribution in [2.24, 2.45) is 5.92 Å². The summed E-state index contributed by atoms with van der Waals surface area (Å²) in [4.78, 5) is 25.7. The van der Waals surface area contributed by atoms with Crippen LogP contribution in [0.2, 0.25) is 0 Å². The number of hydrogen-bond donors (Lipinski definition) is 1. The average molecular weight is 329 g/mol. The van der Waals surface area contributed by atoms with Crippen LogP contribution in [0.1, 0.15) is 37.9 Å². The van der Waals surface area contributed by atoms with E-state index in [1.165, 1.54) is 19.3 Å². The number of carbonyl (C=O) groups is 1. The molecule has 24 heavy (non-hydrogen) atoms. The molecule has 6 nitrogen and oxygen atoms in total. The number of hydrogen-bond acceptors (Lipinski definition) is 5. The van der Waals surface area contributed by atoms with Gasteiger partial charge in [0.2, 0.25) is 5.91 Å². The van der Waals surface area contributed by atoms with Crippen molar-refractivity contribution in [2.75, 3.05) is 20.1 Å². The SMILES string of the molecule is CN(Cc1ncccn1)C1CCN(C(=O)C2CCC(C3CC3)N2)C1. The first-order valence-corrected chi connectivity index (χ1v) is 9.21. The quantitative estimate of drug-likeness (QED) is 0.875. The van der Waals surface area contributed by atoms with Gasteiger partial charge in [0, 0.05) is 37.6 Å². The molecule has 1 saturated carbocycles. The summed E-state index contributed by atoms with van der Waals surface area (Å²) in [5.41, 5.74) is 0. The number of aromatic nitrogens is 2. The first-order chi connectivity index (χ1) is 11.7. The predicted octanol–water partition coefficient (Wildman–Crippen LogP) is 1.04. The molecule has 3 unspecified atom stereocenters. The van der Waals surface area contributed by atoms with Crippen LogP contribution in [-0.4, -0.2) is 63.9 Å². The minimum Gasteiger partial charge on any atom is -0.340 e. The summed E-state index contributed by atoms with van der Waals surface area (Å²) < 4.78 is 0. The minimum absolute atomic E-state index is 0.0529. The Kier molecular flexibility index (Phi) is 4.50. The molecule has 1 N–H and O–H groups in total. The highest BCUT2D eigenvalue weighted by Gasteiger charge is 2.40. The van der Waals surface area contributed by atoms with Crippen molar-refractivity contribution in [3.8, 4) is 0 Å².